The van der Waals surface area contributed by atoms with Crippen molar-refractivity contribution in [3.63, 3.8) is 0 Å². The zero-order valence-corrected chi connectivity index (χ0v) is 51.5. The molecule has 0 aliphatic rings. The Kier molecular flexibility index (Phi) is 63.2. The third-order valence-electron chi connectivity index (χ3n) is 15.0. The Balaban J connectivity index is 4.33. The van der Waals surface area contributed by atoms with E-state index in [0.717, 1.165) is 89.9 Å². The maximum absolute atomic E-state index is 12.9. The van der Waals surface area contributed by atoms with Crippen LogP contribution in [0.5, 0.6) is 0 Å². The number of carbonyl (C=O) groups excluding carboxylic acids is 3. The van der Waals surface area contributed by atoms with Crippen LogP contribution in [0.15, 0.2) is 60.8 Å². The molecule has 0 fully saturated rings. The summed E-state index contributed by atoms with van der Waals surface area (Å²) in [5.74, 6) is -0.864. The second-order valence-corrected chi connectivity index (χ2v) is 22.7. The van der Waals surface area contributed by atoms with Gasteiger partial charge in [-0.1, -0.05) is 313 Å². The van der Waals surface area contributed by atoms with Crippen LogP contribution in [0.3, 0.4) is 0 Å². The molecule has 0 saturated heterocycles. The second kappa shape index (κ2) is 65.6. The van der Waals surface area contributed by atoms with Crippen LogP contribution in [0.4, 0.5) is 0 Å². The molecule has 1 atom stereocenters. The summed E-state index contributed by atoms with van der Waals surface area (Å²) in [6.07, 6.45) is 83.7. The molecule has 448 valence electrons. The summed E-state index contributed by atoms with van der Waals surface area (Å²) < 4.78 is 17.0. The molecule has 0 aliphatic heterocycles. The smallest absolute Gasteiger partial charge is 0.306 e. The van der Waals surface area contributed by atoms with Crippen LogP contribution in [-0.2, 0) is 28.6 Å². The van der Waals surface area contributed by atoms with E-state index in [9.17, 15) is 14.4 Å². The highest BCUT2D eigenvalue weighted by Crippen LogP contribution is 2.18. The summed E-state index contributed by atoms with van der Waals surface area (Å²) in [5.41, 5.74) is 0. The summed E-state index contributed by atoms with van der Waals surface area (Å²) in [4.78, 5) is 38.4. The van der Waals surface area contributed by atoms with E-state index in [1.165, 1.54) is 225 Å². The van der Waals surface area contributed by atoms with Crippen LogP contribution < -0.4 is 0 Å². The molecule has 0 N–H and O–H groups in total. The SMILES string of the molecule is CC/C=C\C/C=C\C/C=C\C/C=C\CCCCCCCCCCCCC(=O)OCC(COC(=O)CCCCCCC/C=C\CCCCCCCCC)OC(=O)CCCCCCCCCCCCCCCCCCCCCC. The predicted octanol–water partition coefficient (Wildman–Crippen LogP) is 23.1. The van der Waals surface area contributed by atoms with E-state index in [1.807, 2.05) is 0 Å². The molecule has 0 rings (SSSR count). The van der Waals surface area contributed by atoms with Crippen LogP contribution >= 0.6 is 0 Å². The first kappa shape index (κ1) is 74.1. The molecule has 0 aromatic carbocycles. The summed E-state index contributed by atoms with van der Waals surface area (Å²) in [7, 11) is 0. The molecule has 0 amide bonds. The van der Waals surface area contributed by atoms with Crippen molar-refractivity contribution in [2.45, 2.75) is 361 Å². The van der Waals surface area contributed by atoms with Gasteiger partial charge in [-0.05, 0) is 83.5 Å². The highest BCUT2D eigenvalue weighted by Gasteiger charge is 2.19. The van der Waals surface area contributed by atoms with Gasteiger partial charge < -0.3 is 14.2 Å². The second-order valence-electron chi connectivity index (χ2n) is 22.7. The van der Waals surface area contributed by atoms with Crippen molar-refractivity contribution < 1.29 is 28.6 Å². The lowest BCUT2D eigenvalue weighted by molar-refractivity contribution is -0.167. The van der Waals surface area contributed by atoms with Gasteiger partial charge in [-0.2, -0.15) is 0 Å². The maximum atomic E-state index is 12.9. The molecular formula is C71H128O6. The number of esters is 3. The Morgan fingerprint density at radius 1 is 0.273 bits per heavy atom. The fourth-order valence-corrected chi connectivity index (χ4v) is 9.96. The molecule has 6 nitrogen and oxygen atoms in total. The zero-order valence-electron chi connectivity index (χ0n) is 51.5. The third-order valence-corrected chi connectivity index (χ3v) is 15.0. The minimum Gasteiger partial charge on any atom is -0.462 e. The Bertz CT molecular complexity index is 1380. The Labute approximate surface area is 479 Å². The number of hydrogen-bond acceptors (Lipinski definition) is 6. The quantitative estimate of drug-likeness (QED) is 0.0261. The van der Waals surface area contributed by atoms with E-state index in [1.54, 1.807) is 0 Å². The zero-order chi connectivity index (χ0) is 55.7. The molecule has 0 saturated carbocycles. The number of hydrogen-bond donors (Lipinski definition) is 0. The van der Waals surface area contributed by atoms with Gasteiger partial charge in [0.1, 0.15) is 13.2 Å². The summed E-state index contributed by atoms with van der Waals surface area (Å²) in [6.45, 7) is 6.58. The van der Waals surface area contributed by atoms with Gasteiger partial charge in [0.05, 0.1) is 0 Å². The number of allylic oxidation sites excluding steroid dienone is 10. The van der Waals surface area contributed by atoms with Crippen molar-refractivity contribution in [1.29, 1.82) is 0 Å². The highest BCUT2D eigenvalue weighted by atomic mass is 16.6. The van der Waals surface area contributed by atoms with Crippen molar-refractivity contribution in [3.8, 4) is 0 Å². The van der Waals surface area contributed by atoms with Gasteiger partial charge in [0.2, 0.25) is 0 Å². The maximum Gasteiger partial charge on any atom is 0.306 e. The lowest BCUT2D eigenvalue weighted by Crippen LogP contribution is -2.30. The molecular weight excluding hydrogens is 949 g/mol. The van der Waals surface area contributed by atoms with Gasteiger partial charge in [0, 0.05) is 19.3 Å². The molecule has 6 heteroatoms. The largest absolute Gasteiger partial charge is 0.462 e. The van der Waals surface area contributed by atoms with Crippen molar-refractivity contribution in [3.05, 3.63) is 60.8 Å². The number of rotatable bonds is 62. The summed E-state index contributed by atoms with van der Waals surface area (Å²) in [6, 6.07) is 0. The lowest BCUT2D eigenvalue weighted by Gasteiger charge is -2.18. The van der Waals surface area contributed by atoms with E-state index in [-0.39, 0.29) is 31.1 Å². The molecule has 0 radical (unpaired) electrons. The van der Waals surface area contributed by atoms with Crippen LogP contribution in [0.2, 0.25) is 0 Å². The average molecular weight is 1080 g/mol. The van der Waals surface area contributed by atoms with E-state index < -0.39 is 6.10 Å². The van der Waals surface area contributed by atoms with E-state index in [2.05, 4.69) is 81.5 Å². The lowest BCUT2D eigenvalue weighted by atomic mass is 10.0. The first-order valence-electron chi connectivity index (χ1n) is 33.8. The third kappa shape index (κ3) is 63.8. The van der Waals surface area contributed by atoms with Gasteiger partial charge in [-0.25, -0.2) is 0 Å². The molecule has 0 aromatic rings. The minimum absolute atomic E-state index is 0.0754. The first-order valence-corrected chi connectivity index (χ1v) is 33.8. The normalized spacial score (nSPS) is 12.4. The van der Waals surface area contributed by atoms with Gasteiger partial charge in [0.25, 0.3) is 0 Å². The van der Waals surface area contributed by atoms with Crippen LogP contribution in [0.25, 0.3) is 0 Å². The fraction of sp³-hybridized carbons (Fsp3) is 0.817. The van der Waals surface area contributed by atoms with Gasteiger partial charge in [-0.15, -0.1) is 0 Å². The topological polar surface area (TPSA) is 78.9 Å². The van der Waals surface area contributed by atoms with Crippen LogP contribution in [0, 0.1) is 0 Å². The Hall–Kier alpha value is -2.89. The molecule has 0 aromatic heterocycles. The standard InChI is InChI=1S/C71H128O6/c1-4-7-10-13-16-19-22-25-28-31-33-35-36-37-39-40-43-46-49-52-55-58-61-64-70(73)76-67-68(66-75-69(72)63-60-57-54-51-48-45-42-30-27-24-21-18-15-12-9-6-3)77-71(74)65-62-59-56-53-50-47-44-41-38-34-32-29-26-23-20-17-14-11-8-5-2/h7,10,16,19,25,28,30,33,35,42,68H,4-6,8-9,11-15,17-18,20-24,26-27,29,31-32,34,36-41,43-67H2,1-3H3/b10-7-,19-16-,28-25-,35-33-,42-30-. The minimum atomic E-state index is -0.779. The van der Waals surface area contributed by atoms with Crippen molar-refractivity contribution in [2.75, 3.05) is 13.2 Å². The van der Waals surface area contributed by atoms with Crippen LogP contribution in [0.1, 0.15) is 355 Å². The molecule has 0 heterocycles. The van der Waals surface area contributed by atoms with Gasteiger partial charge in [-0.3, -0.25) is 14.4 Å². The van der Waals surface area contributed by atoms with E-state index in [0.29, 0.717) is 19.3 Å². The Morgan fingerprint density at radius 2 is 0.506 bits per heavy atom. The number of ether oxygens (including phenoxy) is 3. The van der Waals surface area contributed by atoms with Crippen LogP contribution in [-0.4, -0.2) is 37.2 Å². The van der Waals surface area contributed by atoms with Gasteiger partial charge in [0.15, 0.2) is 6.10 Å². The van der Waals surface area contributed by atoms with E-state index in [4.69, 9.17) is 14.2 Å². The highest BCUT2D eigenvalue weighted by molar-refractivity contribution is 5.71. The van der Waals surface area contributed by atoms with Crippen molar-refractivity contribution in [2.24, 2.45) is 0 Å². The predicted molar refractivity (Wildman–Crippen MR) is 335 cm³/mol. The molecule has 0 spiro atoms. The fourth-order valence-electron chi connectivity index (χ4n) is 9.96. The summed E-state index contributed by atoms with van der Waals surface area (Å²) in [5, 5.41) is 0. The molecule has 0 aliphatic carbocycles. The van der Waals surface area contributed by atoms with Crippen molar-refractivity contribution in [1.82, 2.24) is 0 Å². The number of carbonyl (C=O) groups is 3. The van der Waals surface area contributed by atoms with Gasteiger partial charge >= 0.3 is 17.9 Å². The molecule has 77 heavy (non-hydrogen) atoms. The summed E-state index contributed by atoms with van der Waals surface area (Å²) >= 11 is 0. The Morgan fingerprint density at radius 3 is 0.805 bits per heavy atom. The first-order chi connectivity index (χ1) is 38.0. The molecule has 0 bridgehead atoms. The monoisotopic (exact) mass is 1080 g/mol. The average Bonchev–Trinajstić information content (AvgIpc) is 3.43. The van der Waals surface area contributed by atoms with Crippen molar-refractivity contribution >= 4 is 17.9 Å². The molecule has 1 unspecified atom stereocenters. The van der Waals surface area contributed by atoms with E-state index >= 15 is 0 Å². The number of unbranched alkanes of at least 4 members (excludes halogenated alkanes) is 41.